The first kappa shape index (κ1) is 28.7. The van der Waals surface area contributed by atoms with E-state index in [-0.39, 0.29) is 18.4 Å². The van der Waals surface area contributed by atoms with Crippen LogP contribution in [0.25, 0.3) is 0 Å². The van der Waals surface area contributed by atoms with Crippen LogP contribution >= 0.6 is 0 Å². The molecule has 0 bridgehead atoms. The normalized spacial score (nSPS) is 23.9. The van der Waals surface area contributed by atoms with E-state index in [0.717, 1.165) is 25.7 Å². The summed E-state index contributed by atoms with van der Waals surface area (Å²) in [5.74, 6) is -1.50. The third kappa shape index (κ3) is 10.8. The van der Waals surface area contributed by atoms with Crippen LogP contribution in [-0.2, 0) is 44.7 Å². The van der Waals surface area contributed by atoms with Crippen molar-refractivity contribution in [1.82, 2.24) is 5.32 Å². The second-order valence-electron chi connectivity index (χ2n) is 8.83. The summed E-state index contributed by atoms with van der Waals surface area (Å²) in [6.07, 6.45) is 1.62. The molecule has 1 N–H and O–H groups in total. The van der Waals surface area contributed by atoms with Crippen molar-refractivity contribution in [2.75, 3.05) is 19.8 Å². The third-order valence-corrected chi connectivity index (χ3v) is 5.75. The van der Waals surface area contributed by atoms with Gasteiger partial charge in [0.1, 0.15) is 18.8 Å². The first-order chi connectivity index (χ1) is 16.8. The molecule has 0 saturated carbocycles. The van der Waals surface area contributed by atoms with E-state index in [1.807, 2.05) is 37.3 Å². The molecule has 1 aliphatic rings. The van der Waals surface area contributed by atoms with Crippen LogP contribution in [0.3, 0.4) is 0 Å². The van der Waals surface area contributed by atoms with Crippen LogP contribution in [0.15, 0.2) is 30.3 Å². The highest BCUT2D eigenvalue weighted by Crippen LogP contribution is 2.30. The summed E-state index contributed by atoms with van der Waals surface area (Å²) in [5.41, 5.74) is 1.17. The highest BCUT2D eigenvalue weighted by atomic mass is 16.7. The minimum atomic E-state index is -0.754. The van der Waals surface area contributed by atoms with Gasteiger partial charge in [-0.05, 0) is 18.4 Å². The van der Waals surface area contributed by atoms with Crippen molar-refractivity contribution in [3.8, 4) is 0 Å². The molecule has 2 rings (SSSR count). The first-order valence-electron chi connectivity index (χ1n) is 12.2. The summed E-state index contributed by atoms with van der Waals surface area (Å²) in [4.78, 5) is 34.8. The fourth-order valence-electron chi connectivity index (χ4n) is 4.03. The van der Waals surface area contributed by atoms with E-state index in [1.54, 1.807) is 0 Å². The van der Waals surface area contributed by atoms with Gasteiger partial charge in [-0.1, -0.05) is 50.1 Å². The zero-order valence-corrected chi connectivity index (χ0v) is 21.2. The maximum atomic E-state index is 11.8. The fraction of sp³-hybridized carbons (Fsp3) is 0.654. The van der Waals surface area contributed by atoms with Crippen LogP contribution in [0.5, 0.6) is 0 Å². The van der Waals surface area contributed by atoms with E-state index in [1.165, 1.54) is 26.3 Å². The van der Waals surface area contributed by atoms with Gasteiger partial charge in [-0.2, -0.15) is 0 Å². The summed E-state index contributed by atoms with van der Waals surface area (Å²) < 4.78 is 28.3. The van der Waals surface area contributed by atoms with Gasteiger partial charge in [-0.25, -0.2) is 0 Å². The molecule has 35 heavy (non-hydrogen) atoms. The van der Waals surface area contributed by atoms with E-state index in [2.05, 4.69) is 5.32 Å². The molecular formula is C26H39NO8. The number of hydrogen-bond acceptors (Lipinski definition) is 8. The number of carbonyl (C=O) groups excluding carboxylic acids is 3. The van der Waals surface area contributed by atoms with Crippen molar-refractivity contribution in [1.29, 1.82) is 0 Å². The third-order valence-electron chi connectivity index (χ3n) is 5.75. The predicted molar refractivity (Wildman–Crippen MR) is 128 cm³/mol. The fourth-order valence-corrected chi connectivity index (χ4v) is 4.03. The maximum absolute atomic E-state index is 11.8. The first-order valence-corrected chi connectivity index (χ1v) is 12.2. The molecule has 1 heterocycles. The van der Waals surface area contributed by atoms with Gasteiger partial charge in [0.2, 0.25) is 5.91 Å². The summed E-state index contributed by atoms with van der Waals surface area (Å²) >= 11 is 0. The highest BCUT2D eigenvalue weighted by molar-refractivity contribution is 5.73. The molecule has 1 aromatic rings. The van der Waals surface area contributed by atoms with Crippen molar-refractivity contribution in [2.45, 2.75) is 84.5 Å². The Morgan fingerprint density at radius 3 is 2.26 bits per heavy atom. The molecule has 0 aromatic heterocycles. The lowest BCUT2D eigenvalue weighted by atomic mass is 9.88. The number of hydrogen-bond donors (Lipinski definition) is 1. The smallest absolute Gasteiger partial charge is 0.303 e. The van der Waals surface area contributed by atoms with Crippen LogP contribution in [0.4, 0.5) is 0 Å². The molecule has 196 valence electrons. The number of amides is 1. The minimum absolute atomic E-state index is 0.0761. The summed E-state index contributed by atoms with van der Waals surface area (Å²) in [6.45, 7) is 7.56. The van der Waals surface area contributed by atoms with Gasteiger partial charge in [0.15, 0.2) is 6.29 Å². The van der Waals surface area contributed by atoms with E-state index in [0.29, 0.717) is 19.8 Å². The Morgan fingerprint density at radius 2 is 1.63 bits per heavy atom. The number of unbranched alkanes of at least 4 members (excludes halogenated alkanes) is 3. The molecule has 9 heteroatoms. The van der Waals surface area contributed by atoms with Crippen LogP contribution in [0.1, 0.15) is 58.9 Å². The largest absolute Gasteiger partial charge is 0.463 e. The summed E-state index contributed by atoms with van der Waals surface area (Å²) in [5, 5.41) is 2.85. The molecule has 0 aliphatic carbocycles. The monoisotopic (exact) mass is 493 g/mol. The van der Waals surface area contributed by atoms with E-state index >= 15 is 0 Å². The van der Waals surface area contributed by atoms with Gasteiger partial charge >= 0.3 is 11.9 Å². The molecule has 5 unspecified atom stereocenters. The lowest BCUT2D eigenvalue weighted by molar-refractivity contribution is -0.262. The molecule has 0 radical (unpaired) electrons. The van der Waals surface area contributed by atoms with Crippen LogP contribution in [0, 0.1) is 5.92 Å². The standard InChI is InChI=1S/C26H39NO8/c1-18-24(27-19(2)28)26(35-23(17-33-20(3)29)25(18)34-21(4)30)32-15-11-6-5-10-14-31-16-22-12-8-7-9-13-22/h7-9,12-13,18,23-26H,5-6,10-11,14-17H2,1-4H3,(H,27,28). The number of esters is 2. The van der Waals surface area contributed by atoms with Crippen LogP contribution in [-0.4, -0.2) is 62.2 Å². The molecular weight excluding hydrogens is 454 g/mol. The SMILES string of the molecule is CC(=O)NC1C(OCCCCCCOCc2ccccc2)OC(COC(C)=O)C(OC(C)=O)C1C. The maximum Gasteiger partial charge on any atom is 0.303 e. The van der Waals surface area contributed by atoms with Crippen molar-refractivity contribution in [3.05, 3.63) is 35.9 Å². The lowest BCUT2D eigenvalue weighted by Crippen LogP contribution is -2.62. The zero-order chi connectivity index (χ0) is 25.6. The van der Waals surface area contributed by atoms with Crippen molar-refractivity contribution >= 4 is 17.8 Å². The van der Waals surface area contributed by atoms with Crippen LogP contribution in [0.2, 0.25) is 0 Å². The van der Waals surface area contributed by atoms with Gasteiger partial charge < -0.3 is 29.0 Å². The lowest BCUT2D eigenvalue weighted by Gasteiger charge is -2.44. The Kier molecular flexibility index (Phi) is 12.7. The second-order valence-corrected chi connectivity index (χ2v) is 8.83. The molecule has 9 nitrogen and oxygen atoms in total. The summed E-state index contributed by atoms with van der Waals surface area (Å²) in [6, 6.07) is 9.57. The van der Waals surface area contributed by atoms with E-state index in [4.69, 9.17) is 23.7 Å². The van der Waals surface area contributed by atoms with Crippen LogP contribution < -0.4 is 5.32 Å². The highest BCUT2D eigenvalue weighted by Gasteiger charge is 2.46. The number of benzene rings is 1. The average molecular weight is 494 g/mol. The van der Waals surface area contributed by atoms with Crippen molar-refractivity contribution < 1.29 is 38.1 Å². The van der Waals surface area contributed by atoms with E-state index in [9.17, 15) is 14.4 Å². The van der Waals surface area contributed by atoms with Crippen molar-refractivity contribution in [2.24, 2.45) is 5.92 Å². The minimum Gasteiger partial charge on any atom is -0.463 e. The van der Waals surface area contributed by atoms with Gasteiger partial charge in [0.05, 0.1) is 12.6 Å². The molecule has 1 amide bonds. The Labute approximate surface area is 207 Å². The zero-order valence-electron chi connectivity index (χ0n) is 21.2. The van der Waals surface area contributed by atoms with Gasteiger partial charge in [-0.3, -0.25) is 14.4 Å². The van der Waals surface area contributed by atoms with Crippen molar-refractivity contribution in [3.63, 3.8) is 0 Å². The molecule has 1 aromatic carbocycles. The molecule has 1 saturated heterocycles. The number of rotatable bonds is 14. The van der Waals surface area contributed by atoms with Gasteiger partial charge in [0, 0.05) is 39.9 Å². The topological polar surface area (TPSA) is 109 Å². The Hall–Kier alpha value is -2.49. The Bertz CT molecular complexity index is 785. The average Bonchev–Trinajstić information content (AvgIpc) is 2.80. The summed E-state index contributed by atoms with van der Waals surface area (Å²) in [7, 11) is 0. The van der Waals surface area contributed by atoms with Gasteiger partial charge in [0.25, 0.3) is 0 Å². The Morgan fingerprint density at radius 1 is 0.943 bits per heavy atom. The van der Waals surface area contributed by atoms with Gasteiger partial charge in [-0.15, -0.1) is 0 Å². The molecule has 1 fully saturated rings. The quantitative estimate of drug-likeness (QED) is 0.311. The predicted octanol–water partition coefficient (Wildman–Crippen LogP) is 3.14. The molecule has 0 spiro atoms. The molecule has 1 aliphatic heterocycles. The Balaban J connectivity index is 1.79. The number of carbonyl (C=O) groups is 3. The number of nitrogens with one attached hydrogen (secondary N) is 1. The molecule has 5 atom stereocenters. The second kappa shape index (κ2) is 15.5. The van der Waals surface area contributed by atoms with E-state index < -0.39 is 36.5 Å². The number of ether oxygens (including phenoxy) is 5.